The summed E-state index contributed by atoms with van der Waals surface area (Å²) in [6, 6.07) is 6.60. The molecule has 0 bridgehead atoms. The van der Waals surface area contributed by atoms with Gasteiger partial charge in [0.1, 0.15) is 5.82 Å². The summed E-state index contributed by atoms with van der Waals surface area (Å²) >= 11 is 0. The number of anilines is 1. The molecule has 11 heteroatoms. The zero-order valence-electron chi connectivity index (χ0n) is 18.1. The van der Waals surface area contributed by atoms with Crippen molar-refractivity contribution in [2.45, 2.75) is 50.8 Å². The second-order valence-electron chi connectivity index (χ2n) is 7.66. The van der Waals surface area contributed by atoms with Crippen molar-refractivity contribution in [3.05, 3.63) is 36.0 Å². The first-order chi connectivity index (χ1) is 14.6. The van der Waals surface area contributed by atoms with E-state index in [4.69, 9.17) is 14.6 Å². The molecule has 168 valence electrons. The summed E-state index contributed by atoms with van der Waals surface area (Å²) in [4.78, 5) is 9.09. The monoisotopic (exact) mass is 448 g/mol. The highest BCUT2D eigenvalue weighted by molar-refractivity contribution is 7.89. The molecule has 0 saturated heterocycles. The van der Waals surface area contributed by atoms with E-state index in [9.17, 15) is 8.42 Å². The summed E-state index contributed by atoms with van der Waals surface area (Å²) in [5.74, 6) is 0.584. The first-order valence-corrected chi connectivity index (χ1v) is 11.4. The van der Waals surface area contributed by atoms with Crippen molar-refractivity contribution < 1.29 is 17.9 Å². The molecular formula is C20H28N6O4S. The predicted molar refractivity (Wildman–Crippen MR) is 117 cm³/mol. The van der Waals surface area contributed by atoms with Crippen molar-refractivity contribution >= 4 is 26.9 Å². The first-order valence-electron chi connectivity index (χ1n) is 9.90. The van der Waals surface area contributed by atoms with Crippen LogP contribution < -0.4 is 15.2 Å². The minimum absolute atomic E-state index is 0.0690. The SMILES string of the molecule is CCn1ncc2c(NCc3ccc(S(N)(=O)=O)cc3)nc(OCCC(C)(C)OC)nc21. The maximum absolute atomic E-state index is 11.4. The minimum Gasteiger partial charge on any atom is -0.463 e. The van der Waals surface area contributed by atoms with E-state index in [1.165, 1.54) is 12.1 Å². The maximum atomic E-state index is 11.4. The number of nitrogens with one attached hydrogen (secondary N) is 1. The smallest absolute Gasteiger partial charge is 0.320 e. The van der Waals surface area contributed by atoms with Crippen LogP contribution in [0.1, 0.15) is 32.8 Å². The van der Waals surface area contributed by atoms with Crippen LogP contribution in [0.2, 0.25) is 0 Å². The van der Waals surface area contributed by atoms with Gasteiger partial charge in [-0.15, -0.1) is 0 Å². The fourth-order valence-corrected chi connectivity index (χ4v) is 3.35. The summed E-state index contributed by atoms with van der Waals surface area (Å²) < 4.78 is 35.8. The van der Waals surface area contributed by atoms with Crippen molar-refractivity contribution in [1.29, 1.82) is 0 Å². The lowest BCUT2D eigenvalue weighted by molar-refractivity contribution is 0.00471. The summed E-state index contributed by atoms with van der Waals surface area (Å²) in [6.45, 7) is 7.44. The topological polar surface area (TPSA) is 134 Å². The molecule has 0 spiro atoms. The number of primary sulfonamides is 1. The minimum atomic E-state index is -3.72. The molecule has 0 radical (unpaired) electrons. The van der Waals surface area contributed by atoms with Gasteiger partial charge in [-0.05, 0) is 38.5 Å². The van der Waals surface area contributed by atoms with Crippen LogP contribution in [0.5, 0.6) is 6.01 Å². The molecule has 3 N–H and O–H groups in total. The van der Waals surface area contributed by atoms with Gasteiger partial charge in [0.2, 0.25) is 10.0 Å². The Morgan fingerprint density at radius 3 is 2.52 bits per heavy atom. The lowest BCUT2D eigenvalue weighted by atomic mass is 10.1. The molecule has 2 aromatic heterocycles. The third-order valence-corrected chi connectivity index (χ3v) is 5.90. The van der Waals surface area contributed by atoms with E-state index in [0.29, 0.717) is 37.6 Å². The molecule has 0 atom stereocenters. The molecule has 1 aromatic carbocycles. The lowest BCUT2D eigenvalue weighted by Gasteiger charge is -2.22. The number of aromatic nitrogens is 4. The first kappa shape index (κ1) is 22.9. The number of methoxy groups -OCH3 is 1. The molecule has 10 nitrogen and oxygen atoms in total. The van der Waals surface area contributed by atoms with Crippen molar-refractivity contribution in [3.63, 3.8) is 0 Å². The average molecular weight is 449 g/mol. The summed E-state index contributed by atoms with van der Waals surface area (Å²) in [6.07, 6.45) is 2.39. The molecule has 0 aliphatic rings. The summed E-state index contributed by atoms with van der Waals surface area (Å²) in [7, 11) is -2.05. The van der Waals surface area contributed by atoms with E-state index in [1.807, 2.05) is 20.8 Å². The zero-order chi connectivity index (χ0) is 22.6. The van der Waals surface area contributed by atoms with Gasteiger partial charge in [-0.3, -0.25) is 0 Å². The fourth-order valence-electron chi connectivity index (χ4n) is 2.84. The molecule has 0 amide bonds. The summed E-state index contributed by atoms with van der Waals surface area (Å²) in [5.41, 5.74) is 1.23. The Bertz CT molecular complexity index is 1140. The van der Waals surface area contributed by atoms with E-state index in [1.54, 1.807) is 30.1 Å². The van der Waals surface area contributed by atoms with Crippen LogP contribution in [0.25, 0.3) is 11.0 Å². The molecule has 0 aliphatic carbocycles. The summed E-state index contributed by atoms with van der Waals surface area (Å²) in [5, 5.41) is 13.5. The van der Waals surface area contributed by atoms with Gasteiger partial charge in [-0.1, -0.05) is 12.1 Å². The Morgan fingerprint density at radius 1 is 1.19 bits per heavy atom. The highest BCUT2D eigenvalue weighted by Gasteiger charge is 2.18. The van der Waals surface area contributed by atoms with Crippen LogP contribution in [-0.4, -0.2) is 47.5 Å². The number of nitrogens with two attached hydrogens (primary N) is 1. The van der Waals surface area contributed by atoms with Crippen LogP contribution in [0.4, 0.5) is 5.82 Å². The van der Waals surface area contributed by atoms with Gasteiger partial charge in [-0.25, -0.2) is 18.2 Å². The second-order valence-corrected chi connectivity index (χ2v) is 9.22. The largest absolute Gasteiger partial charge is 0.463 e. The molecule has 2 heterocycles. The van der Waals surface area contributed by atoms with Gasteiger partial charge in [0.25, 0.3) is 0 Å². The quantitative estimate of drug-likeness (QED) is 0.482. The number of hydrogen-bond donors (Lipinski definition) is 2. The Labute approximate surface area is 181 Å². The number of rotatable bonds is 10. The maximum Gasteiger partial charge on any atom is 0.320 e. The number of fused-ring (bicyclic) bond motifs is 1. The van der Waals surface area contributed by atoms with Crippen LogP contribution in [0.15, 0.2) is 35.4 Å². The van der Waals surface area contributed by atoms with Crippen molar-refractivity contribution in [2.75, 3.05) is 19.0 Å². The molecule has 31 heavy (non-hydrogen) atoms. The zero-order valence-corrected chi connectivity index (χ0v) is 18.9. The predicted octanol–water partition coefficient (Wildman–Crippen LogP) is 2.30. The van der Waals surface area contributed by atoms with E-state index < -0.39 is 10.0 Å². The van der Waals surface area contributed by atoms with Crippen LogP contribution in [0, 0.1) is 0 Å². The highest BCUT2D eigenvalue weighted by Crippen LogP contribution is 2.24. The Balaban J connectivity index is 1.80. The molecule has 0 aliphatic heterocycles. The van der Waals surface area contributed by atoms with Crippen LogP contribution in [0.3, 0.4) is 0 Å². The second kappa shape index (κ2) is 9.16. The third kappa shape index (κ3) is 5.69. The van der Waals surface area contributed by atoms with Crippen LogP contribution in [-0.2, 0) is 27.8 Å². The molecule has 3 rings (SSSR count). The van der Waals surface area contributed by atoms with Crippen molar-refractivity contribution in [3.8, 4) is 6.01 Å². The van der Waals surface area contributed by atoms with Gasteiger partial charge in [0.05, 0.1) is 28.7 Å². The number of nitrogens with zero attached hydrogens (tertiary/aromatic N) is 4. The van der Waals surface area contributed by atoms with Crippen molar-refractivity contribution in [1.82, 2.24) is 19.7 Å². The number of benzene rings is 1. The van der Waals surface area contributed by atoms with E-state index in [0.717, 1.165) is 10.9 Å². The number of hydrogen-bond acceptors (Lipinski definition) is 8. The lowest BCUT2D eigenvalue weighted by Crippen LogP contribution is -2.25. The highest BCUT2D eigenvalue weighted by atomic mass is 32.2. The average Bonchev–Trinajstić information content (AvgIpc) is 3.15. The third-order valence-electron chi connectivity index (χ3n) is 4.97. The molecular weight excluding hydrogens is 420 g/mol. The molecule has 0 unspecified atom stereocenters. The Morgan fingerprint density at radius 2 is 1.90 bits per heavy atom. The van der Waals surface area contributed by atoms with Gasteiger partial charge in [-0.2, -0.15) is 15.1 Å². The van der Waals surface area contributed by atoms with Crippen molar-refractivity contribution in [2.24, 2.45) is 5.14 Å². The van der Waals surface area contributed by atoms with Gasteiger partial charge in [0, 0.05) is 26.6 Å². The number of aryl methyl sites for hydroxylation is 1. The van der Waals surface area contributed by atoms with E-state index in [-0.39, 0.29) is 16.5 Å². The normalized spacial score (nSPS) is 12.3. The number of ether oxygens (including phenoxy) is 2. The van der Waals surface area contributed by atoms with E-state index >= 15 is 0 Å². The fraction of sp³-hybridized carbons (Fsp3) is 0.450. The molecule has 0 fully saturated rings. The standard InChI is InChI=1S/C20H28N6O4S/c1-5-26-18-16(13-23-26)17(24-19(25-18)30-11-10-20(2,3)29-4)22-12-14-6-8-15(9-7-14)31(21,27)28/h6-9,13H,5,10-12H2,1-4H3,(H2,21,27,28)(H,22,24,25). The molecule has 0 saturated carbocycles. The number of sulfonamides is 1. The van der Waals surface area contributed by atoms with Crippen LogP contribution >= 0.6 is 0 Å². The van der Waals surface area contributed by atoms with Gasteiger partial charge >= 0.3 is 6.01 Å². The van der Waals surface area contributed by atoms with Gasteiger partial charge in [0.15, 0.2) is 5.65 Å². The van der Waals surface area contributed by atoms with Gasteiger partial charge < -0.3 is 14.8 Å². The molecule has 3 aromatic rings. The Hall–Kier alpha value is -2.76. The van der Waals surface area contributed by atoms with E-state index in [2.05, 4.69) is 20.4 Å². The Kier molecular flexibility index (Phi) is 6.77.